The van der Waals surface area contributed by atoms with Crippen molar-refractivity contribution in [2.75, 3.05) is 0 Å². The van der Waals surface area contributed by atoms with E-state index >= 15 is 0 Å². The van der Waals surface area contributed by atoms with Gasteiger partial charge in [-0.25, -0.2) is 0 Å². The molecule has 3 saturated carbocycles. The zero-order valence-corrected chi connectivity index (χ0v) is 19.1. The molecule has 164 valence electrons. The first kappa shape index (κ1) is 21.9. The summed E-state index contributed by atoms with van der Waals surface area (Å²) in [5, 5.41) is 3.17. The van der Waals surface area contributed by atoms with Crippen LogP contribution in [0.4, 0.5) is 0 Å². The summed E-state index contributed by atoms with van der Waals surface area (Å²) in [6.45, 7) is 11.3. The van der Waals surface area contributed by atoms with E-state index in [4.69, 9.17) is 15.0 Å². The normalized spacial score (nSPS) is 33.6. The van der Waals surface area contributed by atoms with Crippen LogP contribution in [0.15, 0.2) is 30.3 Å². The number of rotatable bonds is 7. The molecule has 4 fully saturated rings. The van der Waals surface area contributed by atoms with Crippen molar-refractivity contribution in [3.63, 3.8) is 0 Å². The summed E-state index contributed by atoms with van der Waals surface area (Å²) in [7, 11) is -0.412. The van der Waals surface area contributed by atoms with Gasteiger partial charge in [-0.15, -0.1) is 0 Å². The molecule has 6 atom stereocenters. The predicted molar refractivity (Wildman–Crippen MR) is 120 cm³/mol. The predicted octanol–water partition coefficient (Wildman–Crippen LogP) is 3.35. The number of nitrogens with two attached hydrogens (primary N) is 1. The third-order valence-corrected chi connectivity index (χ3v) is 7.99. The lowest BCUT2D eigenvalue weighted by atomic mass is 9.43. The number of benzene rings is 1. The van der Waals surface area contributed by atoms with E-state index in [1.165, 1.54) is 6.42 Å². The van der Waals surface area contributed by atoms with E-state index in [1.807, 2.05) is 30.3 Å². The highest BCUT2D eigenvalue weighted by molar-refractivity contribution is 6.47. The van der Waals surface area contributed by atoms with Crippen LogP contribution in [0.2, 0.25) is 0 Å². The number of hydrogen-bond donors (Lipinski definition) is 2. The molecule has 2 bridgehead atoms. The van der Waals surface area contributed by atoms with Crippen molar-refractivity contribution < 1.29 is 14.1 Å². The summed E-state index contributed by atoms with van der Waals surface area (Å²) in [5.74, 6) is 1.30. The van der Waals surface area contributed by atoms with Crippen molar-refractivity contribution in [2.45, 2.75) is 84.0 Å². The van der Waals surface area contributed by atoms with Crippen molar-refractivity contribution >= 4 is 13.0 Å². The molecule has 30 heavy (non-hydrogen) atoms. The van der Waals surface area contributed by atoms with Crippen molar-refractivity contribution in [1.29, 1.82) is 0 Å². The average molecular weight is 412 g/mol. The Hall–Kier alpha value is -1.37. The largest absolute Gasteiger partial charge is 0.481 e. The van der Waals surface area contributed by atoms with Crippen LogP contribution in [-0.4, -0.2) is 36.7 Å². The van der Waals surface area contributed by atoms with Gasteiger partial charge in [-0.3, -0.25) is 4.79 Å². The highest BCUT2D eigenvalue weighted by Crippen LogP contribution is 2.65. The van der Waals surface area contributed by atoms with Gasteiger partial charge in [0.1, 0.15) is 0 Å². The van der Waals surface area contributed by atoms with Gasteiger partial charge in [0, 0.05) is 0 Å². The van der Waals surface area contributed by atoms with E-state index in [2.05, 4.69) is 39.9 Å². The van der Waals surface area contributed by atoms with Gasteiger partial charge in [0.15, 0.2) is 0 Å². The molecular formula is C24H37BN2O3. The second-order valence-electron chi connectivity index (χ2n) is 10.9. The molecule has 0 radical (unpaired) electrons. The number of nitrogens with one attached hydrogen (secondary N) is 1. The molecule has 5 nitrogen and oxygen atoms in total. The number of hydrogen-bond acceptors (Lipinski definition) is 4. The van der Waals surface area contributed by atoms with Crippen LogP contribution in [-0.2, 0) is 20.5 Å². The standard InChI is InChI=1S/C24H37BN2O3/c1-15(2)11-21(27-22(28)18(26)12-16-9-7-6-8-10-16)25-29-20-14-17-13-19(23(17,3)4)24(20,5)30-25/h6-10,15,17-21H,11-14,26H2,1-5H3,(H,27,28). The fraction of sp³-hybridized carbons (Fsp3) is 0.708. The van der Waals surface area contributed by atoms with Gasteiger partial charge >= 0.3 is 7.12 Å². The van der Waals surface area contributed by atoms with Crippen LogP contribution < -0.4 is 11.1 Å². The highest BCUT2D eigenvalue weighted by Gasteiger charge is 2.68. The first-order chi connectivity index (χ1) is 14.1. The fourth-order valence-corrected chi connectivity index (χ4v) is 6.07. The Labute approximate surface area is 181 Å². The molecule has 1 amide bonds. The van der Waals surface area contributed by atoms with E-state index in [0.29, 0.717) is 29.6 Å². The van der Waals surface area contributed by atoms with E-state index in [-0.39, 0.29) is 23.6 Å². The molecule has 6 unspecified atom stereocenters. The van der Waals surface area contributed by atoms with Crippen molar-refractivity contribution in [1.82, 2.24) is 5.32 Å². The van der Waals surface area contributed by atoms with Crippen LogP contribution in [0.1, 0.15) is 59.4 Å². The molecule has 1 aromatic rings. The number of carbonyl (C=O) groups is 1. The number of amides is 1. The Kier molecular flexibility index (Phi) is 5.80. The molecule has 1 heterocycles. The van der Waals surface area contributed by atoms with Crippen LogP contribution in [0.3, 0.4) is 0 Å². The number of carbonyl (C=O) groups excluding carboxylic acids is 1. The molecule has 1 aliphatic heterocycles. The molecular weight excluding hydrogens is 375 g/mol. The second kappa shape index (κ2) is 7.96. The lowest BCUT2D eigenvalue weighted by Crippen LogP contribution is -2.65. The Bertz CT molecular complexity index is 771. The second-order valence-corrected chi connectivity index (χ2v) is 10.9. The quantitative estimate of drug-likeness (QED) is 0.674. The van der Waals surface area contributed by atoms with Gasteiger partial charge in [0.2, 0.25) is 5.91 Å². The van der Waals surface area contributed by atoms with E-state index in [9.17, 15) is 4.79 Å². The summed E-state index contributed by atoms with van der Waals surface area (Å²) >= 11 is 0. The summed E-state index contributed by atoms with van der Waals surface area (Å²) < 4.78 is 13.1. The van der Waals surface area contributed by atoms with E-state index < -0.39 is 13.2 Å². The zero-order chi connectivity index (χ0) is 21.7. The van der Waals surface area contributed by atoms with Gasteiger partial charge in [-0.05, 0) is 61.3 Å². The molecule has 1 aromatic carbocycles. The Morgan fingerprint density at radius 3 is 2.57 bits per heavy atom. The third kappa shape index (κ3) is 3.83. The van der Waals surface area contributed by atoms with Crippen LogP contribution in [0, 0.1) is 23.2 Å². The summed E-state index contributed by atoms with van der Waals surface area (Å²) in [5.41, 5.74) is 7.34. The van der Waals surface area contributed by atoms with E-state index in [0.717, 1.165) is 18.4 Å². The van der Waals surface area contributed by atoms with Crippen LogP contribution in [0.25, 0.3) is 0 Å². The minimum absolute atomic E-state index is 0.115. The first-order valence-electron chi connectivity index (χ1n) is 11.5. The Morgan fingerprint density at radius 2 is 1.93 bits per heavy atom. The molecule has 0 aromatic heterocycles. The minimum Gasteiger partial charge on any atom is -0.404 e. The van der Waals surface area contributed by atoms with Gasteiger partial charge in [0.05, 0.1) is 23.7 Å². The summed E-state index contributed by atoms with van der Waals surface area (Å²) in [6, 6.07) is 9.32. The molecule has 0 spiro atoms. The maximum absolute atomic E-state index is 12.9. The molecule has 3 N–H and O–H groups in total. The zero-order valence-electron chi connectivity index (χ0n) is 19.1. The summed E-state index contributed by atoms with van der Waals surface area (Å²) in [4.78, 5) is 12.9. The Morgan fingerprint density at radius 1 is 1.23 bits per heavy atom. The smallest absolute Gasteiger partial charge is 0.404 e. The van der Waals surface area contributed by atoms with Crippen LogP contribution in [0.5, 0.6) is 0 Å². The fourth-order valence-electron chi connectivity index (χ4n) is 6.07. The Balaban J connectivity index is 1.44. The SMILES string of the molecule is CC(C)CC(NC(=O)C(N)Cc1ccccc1)B1OC2CC3CC(C3(C)C)C2(C)O1. The van der Waals surface area contributed by atoms with Crippen molar-refractivity contribution in [2.24, 2.45) is 28.9 Å². The maximum Gasteiger partial charge on any atom is 0.481 e. The molecule has 6 heteroatoms. The van der Waals surface area contributed by atoms with Gasteiger partial charge in [0.25, 0.3) is 0 Å². The maximum atomic E-state index is 12.9. The topological polar surface area (TPSA) is 73.6 Å². The molecule has 3 aliphatic carbocycles. The van der Waals surface area contributed by atoms with Crippen molar-refractivity contribution in [3.8, 4) is 0 Å². The monoisotopic (exact) mass is 412 g/mol. The highest BCUT2D eigenvalue weighted by atomic mass is 16.7. The van der Waals surface area contributed by atoms with Crippen molar-refractivity contribution in [3.05, 3.63) is 35.9 Å². The minimum atomic E-state index is -0.590. The average Bonchev–Trinajstić information content (AvgIpc) is 3.04. The third-order valence-electron chi connectivity index (χ3n) is 7.99. The van der Waals surface area contributed by atoms with E-state index in [1.54, 1.807) is 0 Å². The van der Waals surface area contributed by atoms with Crippen LogP contribution >= 0.6 is 0 Å². The van der Waals surface area contributed by atoms with Gasteiger partial charge in [-0.1, -0.05) is 58.0 Å². The molecule has 1 saturated heterocycles. The lowest BCUT2D eigenvalue weighted by Gasteiger charge is -2.64. The molecule has 4 aliphatic rings. The lowest BCUT2D eigenvalue weighted by molar-refractivity contribution is -0.199. The molecule has 5 rings (SSSR count). The first-order valence-corrected chi connectivity index (χ1v) is 11.5. The summed E-state index contributed by atoms with van der Waals surface area (Å²) in [6.07, 6.45) is 3.70. The van der Waals surface area contributed by atoms with Gasteiger partial charge in [-0.2, -0.15) is 0 Å². The van der Waals surface area contributed by atoms with Gasteiger partial charge < -0.3 is 20.4 Å².